The van der Waals surface area contributed by atoms with Crippen LogP contribution in [0.1, 0.15) is 53.6 Å². The molecule has 3 aromatic rings. The molecule has 7 nitrogen and oxygen atoms in total. The van der Waals surface area contributed by atoms with E-state index >= 15 is 0 Å². The number of aromatic hydroxyl groups is 1. The molecule has 5 atom stereocenters. The van der Waals surface area contributed by atoms with Crippen molar-refractivity contribution in [1.29, 1.82) is 0 Å². The molecule has 2 saturated carbocycles. The van der Waals surface area contributed by atoms with Crippen molar-refractivity contribution in [3.8, 4) is 11.5 Å². The Morgan fingerprint density at radius 3 is 2.92 bits per heavy atom. The van der Waals surface area contributed by atoms with Crippen LogP contribution in [0.25, 0.3) is 10.9 Å². The fourth-order valence-corrected chi connectivity index (χ4v) is 8.07. The maximum Gasteiger partial charge on any atom is 0.251 e. The highest BCUT2D eigenvalue weighted by molar-refractivity contribution is 5.98. The normalized spacial score (nSPS) is 34.3. The van der Waals surface area contributed by atoms with E-state index in [0.717, 1.165) is 48.3 Å². The Hall–Kier alpha value is -3.03. The highest BCUT2D eigenvalue weighted by atomic mass is 16.5. The number of carbonyl (C=O) groups is 1. The van der Waals surface area contributed by atoms with Gasteiger partial charge in [0, 0.05) is 35.4 Å². The Balaban J connectivity index is 1.18. The number of ether oxygens (including phenoxy) is 1. The molecular weight excluding hydrogens is 454 g/mol. The molecule has 7 heteroatoms. The van der Waals surface area contributed by atoms with Crippen LogP contribution in [0.2, 0.25) is 0 Å². The van der Waals surface area contributed by atoms with Gasteiger partial charge in [0.15, 0.2) is 11.5 Å². The number of hydrogen-bond donors (Lipinski definition) is 4. The smallest absolute Gasteiger partial charge is 0.251 e. The molecule has 8 rings (SSSR count). The number of nitrogens with zero attached hydrogens (tertiary/aromatic N) is 1. The lowest BCUT2D eigenvalue weighted by Crippen LogP contribution is -2.78. The molecule has 186 valence electrons. The van der Waals surface area contributed by atoms with E-state index in [-0.39, 0.29) is 23.7 Å². The van der Waals surface area contributed by atoms with Gasteiger partial charge in [-0.2, -0.15) is 0 Å². The third-order valence-corrected chi connectivity index (χ3v) is 9.90. The minimum atomic E-state index is -0.943. The summed E-state index contributed by atoms with van der Waals surface area (Å²) in [5.74, 6) is 1.25. The number of phenols is 1. The van der Waals surface area contributed by atoms with Gasteiger partial charge in [0.25, 0.3) is 5.91 Å². The largest absolute Gasteiger partial charge is 0.504 e. The standard InChI is InChI=1S/C29H31N3O4/c33-22-6-5-18-14-23-29(35)9-7-20(31-27(34)19-4-3-17-8-11-30-21(17)13-19)26-28(29,24(18)25(22)36-26)10-12-32(23)15-16-1-2-16/h3-6,8,11,13,16,20,23,26,30,33,35H,1-2,7,9-10,12,14-15H2,(H,31,34)/t20-,23-,26+,28+,29-/m1/s1. The number of rotatable bonds is 4. The zero-order valence-electron chi connectivity index (χ0n) is 20.2. The second-order valence-electron chi connectivity index (χ2n) is 11.7. The molecule has 4 N–H and O–H groups in total. The highest BCUT2D eigenvalue weighted by Gasteiger charge is 2.73. The fraction of sp³-hybridized carbons (Fsp3) is 0.483. The number of aliphatic hydroxyl groups is 1. The Labute approximate surface area is 209 Å². The second-order valence-corrected chi connectivity index (χ2v) is 11.7. The Kier molecular flexibility index (Phi) is 4.13. The predicted octanol–water partition coefficient (Wildman–Crippen LogP) is 3.24. The lowest BCUT2D eigenvalue weighted by atomic mass is 9.48. The third-order valence-electron chi connectivity index (χ3n) is 9.90. The first-order valence-electron chi connectivity index (χ1n) is 13.3. The summed E-state index contributed by atoms with van der Waals surface area (Å²) in [5.41, 5.74) is 2.12. The number of piperidine rings is 1. The lowest BCUT2D eigenvalue weighted by Gasteiger charge is -2.64. The maximum atomic E-state index is 13.4. The predicted molar refractivity (Wildman–Crippen MR) is 134 cm³/mol. The van der Waals surface area contributed by atoms with Gasteiger partial charge in [-0.3, -0.25) is 9.69 Å². The summed E-state index contributed by atoms with van der Waals surface area (Å²) < 4.78 is 6.56. The summed E-state index contributed by atoms with van der Waals surface area (Å²) in [7, 11) is 0. The van der Waals surface area contributed by atoms with E-state index in [4.69, 9.17) is 4.74 Å². The van der Waals surface area contributed by atoms with Crippen molar-refractivity contribution >= 4 is 16.8 Å². The average molecular weight is 486 g/mol. The number of H-pyrrole nitrogens is 1. The average Bonchev–Trinajstić information content (AvgIpc) is 3.42. The van der Waals surface area contributed by atoms with Crippen molar-refractivity contribution in [2.24, 2.45) is 5.92 Å². The van der Waals surface area contributed by atoms with Gasteiger partial charge >= 0.3 is 0 Å². The van der Waals surface area contributed by atoms with Gasteiger partial charge in [-0.05, 0) is 86.2 Å². The number of nitrogens with one attached hydrogen (secondary N) is 2. The van der Waals surface area contributed by atoms with Gasteiger partial charge in [0.2, 0.25) is 0 Å². The molecule has 1 spiro atoms. The van der Waals surface area contributed by atoms with Crippen LogP contribution in [0.3, 0.4) is 0 Å². The van der Waals surface area contributed by atoms with Gasteiger partial charge in [-0.1, -0.05) is 12.1 Å². The Morgan fingerprint density at radius 1 is 1.17 bits per heavy atom. The molecule has 0 radical (unpaired) electrons. The zero-order valence-corrected chi connectivity index (χ0v) is 20.2. The Morgan fingerprint density at radius 2 is 2.06 bits per heavy atom. The van der Waals surface area contributed by atoms with Gasteiger partial charge in [-0.15, -0.1) is 0 Å². The second kappa shape index (κ2) is 7.05. The number of phenolic OH excluding ortho intramolecular Hbond substituents is 1. The number of aromatic amines is 1. The Bertz CT molecular complexity index is 1410. The van der Waals surface area contributed by atoms with Crippen molar-refractivity contribution < 1.29 is 19.7 Å². The van der Waals surface area contributed by atoms with Crippen molar-refractivity contribution in [3.05, 3.63) is 59.3 Å². The van der Waals surface area contributed by atoms with E-state index in [9.17, 15) is 15.0 Å². The van der Waals surface area contributed by atoms with Crippen LogP contribution in [0.15, 0.2) is 42.6 Å². The number of aromatic nitrogens is 1. The number of fused-ring (bicyclic) bond motifs is 1. The summed E-state index contributed by atoms with van der Waals surface area (Å²) in [6.45, 7) is 1.96. The monoisotopic (exact) mass is 485 g/mol. The minimum Gasteiger partial charge on any atom is -0.504 e. The van der Waals surface area contributed by atoms with Crippen LogP contribution in [0, 0.1) is 5.92 Å². The minimum absolute atomic E-state index is 0.0351. The van der Waals surface area contributed by atoms with Crippen LogP contribution >= 0.6 is 0 Å². The molecule has 2 bridgehead atoms. The van der Waals surface area contributed by atoms with Crippen LogP contribution < -0.4 is 10.1 Å². The number of likely N-dealkylation sites (tertiary alicyclic amines) is 1. The molecule has 3 aliphatic carbocycles. The first-order chi connectivity index (χ1) is 17.5. The lowest BCUT2D eigenvalue weighted by molar-refractivity contribution is -0.191. The molecule has 0 unspecified atom stereocenters. The van der Waals surface area contributed by atoms with Gasteiger partial charge in [0.05, 0.1) is 17.1 Å². The highest BCUT2D eigenvalue weighted by Crippen LogP contribution is 2.65. The summed E-state index contributed by atoms with van der Waals surface area (Å²) in [5, 5.41) is 27.7. The molecule has 1 saturated heterocycles. The third kappa shape index (κ3) is 2.62. The van der Waals surface area contributed by atoms with Crippen LogP contribution in [-0.4, -0.2) is 62.9 Å². The maximum absolute atomic E-state index is 13.4. The fourth-order valence-electron chi connectivity index (χ4n) is 8.07. The van der Waals surface area contributed by atoms with E-state index in [1.807, 2.05) is 36.5 Å². The van der Waals surface area contributed by atoms with Gasteiger partial charge in [-0.25, -0.2) is 0 Å². The molecule has 1 aromatic heterocycles. The molecule has 3 heterocycles. The molecule has 1 amide bonds. The van der Waals surface area contributed by atoms with Crippen LogP contribution in [0.4, 0.5) is 0 Å². The molecular formula is C29H31N3O4. The first-order valence-corrected chi connectivity index (χ1v) is 13.3. The van der Waals surface area contributed by atoms with Crippen LogP contribution in [0.5, 0.6) is 11.5 Å². The van der Waals surface area contributed by atoms with E-state index in [2.05, 4.69) is 15.2 Å². The summed E-state index contributed by atoms with van der Waals surface area (Å²) in [4.78, 5) is 19.1. The topological polar surface area (TPSA) is 97.8 Å². The van der Waals surface area contributed by atoms with Crippen molar-refractivity contribution in [1.82, 2.24) is 15.2 Å². The van der Waals surface area contributed by atoms with E-state index in [1.165, 1.54) is 18.4 Å². The number of benzene rings is 2. The summed E-state index contributed by atoms with van der Waals surface area (Å²) in [6, 6.07) is 11.2. The molecule has 2 aromatic carbocycles. The van der Waals surface area contributed by atoms with Gasteiger partial charge < -0.3 is 25.3 Å². The zero-order chi connectivity index (χ0) is 24.2. The van der Waals surface area contributed by atoms with Crippen molar-refractivity contribution in [3.63, 3.8) is 0 Å². The van der Waals surface area contributed by atoms with Gasteiger partial charge in [0.1, 0.15) is 6.10 Å². The first kappa shape index (κ1) is 21.1. The number of amides is 1. The quantitative estimate of drug-likeness (QED) is 0.455. The molecule has 3 fully saturated rings. The van der Waals surface area contributed by atoms with Crippen molar-refractivity contribution in [2.75, 3.05) is 13.1 Å². The number of hydrogen-bond acceptors (Lipinski definition) is 5. The molecule has 2 aliphatic heterocycles. The SMILES string of the molecule is O=C(N[C@@H]1CC[C@@]2(O)[C@H]3Cc4ccc(O)c5c4[C@@]2(CCN3CC2CC2)[C@H]1O5)c1ccc2cc[nH]c2c1. The number of carbonyl (C=O) groups excluding carboxylic acids is 1. The summed E-state index contributed by atoms with van der Waals surface area (Å²) >= 11 is 0. The molecule has 36 heavy (non-hydrogen) atoms. The van der Waals surface area contributed by atoms with Crippen LogP contribution in [-0.2, 0) is 11.8 Å². The van der Waals surface area contributed by atoms with Crippen molar-refractivity contribution in [2.45, 2.75) is 67.7 Å². The van der Waals surface area contributed by atoms with E-state index in [1.54, 1.807) is 6.07 Å². The van der Waals surface area contributed by atoms with E-state index in [0.29, 0.717) is 24.2 Å². The molecule has 5 aliphatic rings. The van der Waals surface area contributed by atoms with E-state index < -0.39 is 17.1 Å². The summed E-state index contributed by atoms with van der Waals surface area (Å²) in [6.07, 6.45) is 6.81.